The van der Waals surface area contributed by atoms with Gasteiger partial charge in [0, 0.05) is 16.3 Å². The van der Waals surface area contributed by atoms with E-state index in [0.717, 1.165) is 13.1 Å². The van der Waals surface area contributed by atoms with Gasteiger partial charge in [0.2, 0.25) is 0 Å². The molecule has 0 fully saturated rings. The van der Waals surface area contributed by atoms with E-state index in [1.165, 1.54) is 15.3 Å². The van der Waals surface area contributed by atoms with E-state index in [0.29, 0.717) is 0 Å². The van der Waals surface area contributed by atoms with E-state index in [4.69, 9.17) is 0 Å². The van der Waals surface area contributed by atoms with Crippen molar-refractivity contribution in [3.05, 3.63) is 70.4 Å². The summed E-state index contributed by atoms with van der Waals surface area (Å²) in [5.74, 6) is 0. The van der Waals surface area contributed by atoms with Crippen molar-refractivity contribution in [2.24, 2.45) is 0 Å². The summed E-state index contributed by atoms with van der Waals surface area (Å²) in [7, 11) is 0. The number of benzene rings is 1. The topological polar surface area (TPSA) is 42.7 Å². The van der Waals surface area contributed by atoms with E-state index in [1.54, 1.807) is 12.7 Å². The zero-order valence-electron chi connectivity index (χ0n) is 11.9. The van der Waals surface area contributed by atoms with E-state index in [1.807, 2.05) is 22.1 Å². The molecule has 1 atom stereocenters. The largest absolute Gasteiger partial charge is 0.303 e. The van der Waals surface area contributed by atoms with Crippen LogP contribution in [0.4, 0.5) is 0 Å². The average molecular weight is 298 g/mol. The molecule has 5 heteroatoms. The summed E-state index contributed by atoms with van der Waals surface area (Å²) in [6, 6.07) is 15.0. The molecule has 0 aliphatic rings. The van der Waals surface area contributed by atoms with E-state index in [9.17, 15) is 0 Å². The number of rotatable bonds is 6. The lowest BCUT2D eigenvalue weighted by atomic mass is 10.1. The molecule has 0 aliphatic heterocycles. The minimum atomic E-state index is 0.218. The Morgan fingerprint density at radius 2 is 2.05 bits per heavy atom. The predicted octanol–water partition coefficient (Wildman–Crippen LogP) is 3.18. The third-order valence-electron chi connectivity index (χ3n) is 3.36. The highest BCUT2D eigenvalue weighted by Crippen LogP contribution is 2.18. The van der Waals surface area contributed by atoms with E-state index in [-0.39, 0.29) is 6.04 Å². The van der Waals surface area contributed by atoms with Gasteiger partial charge in [-0.15, -0.1) is 11.3 Å². The number of aromatic nitrogens is 3. The van der Waals surface area contributed by atoms with Gasteiger partial charge in [-0.05, 0) is 24.6 Å². The number of nitrogens with one attached hydrogen (secondary N) is 1. The Labute approximate surface area is 128 Å². The maximum absolute atomic E-state index is 4.21. The van der Waals surface area contributed by atoms with Gasteiger partial charge in [-0.25, -0.2) is 4.98 Å². The highest BCUT2D eigenvalue weighted by atomic mass is 32.1. The third kappa shape index (κ3) is 3.77. The first-order valence-electron chi connectivity index (χ1n) is 6.97. The molecule has 0 bridgehead atoms. The van der Waals surface area contributed by atoms with Crippen molar-refractivity contribution >= 4 is 11.3 Å². The van der Waals surface area contributed by atoms with Gasteiger partial charge in [-0.2, -0.15) is 5.10 Å². The van der Waals surface area contributed by atoms with Crippen LogP contribution in [-0.2, 0) is 13.1 Å². The zero-order valence-corrected chi connectivity index (χ0v) is 12.8. The van der Waals surface area contributed by atoms with Crippen LogP contribution in [-0.4, -0.2) is 14.8 Å². The maximum Gasteiger partial charge on any atom is 0.137 e. The molecule has 0 saturated heterocycles. The van der Waals surface area contributed by atoms with Crippen LogP contribution in [0.15, 0.2) is 55.1 Å². The summed E-state index contributed by atoms with van der Waals surface area (Å²) in [5.41, 5.74) is 1.27. The summed E-state index contributed by atoms with van der Waals surface area (Å²) in [4.78, 5) is 6.72. The SMILES string of the molecule is Cc1ccc(CNC(Cn2cncn2)c2ccccc2)s1. The molecular formula is C16H18N4S. The number of thiophene rings is 1. The molecule has 0 saturated carbocycles. The lowest BCUT2D eigenvalue weighted by Crippen LogP contribution is -2.25. The van der Waals surface area contributed by atoms with Gasteiger partial charge in [0.05, 0.1) is 12.6 Å². The standard InChI is InChI=1S/C16H18N4S/c1-13-7-8-15(21-13)9-18-16(10-20-12-17-11-19-20)14-5-3-2-4-6-14/h2-8,11-12,16,18H,9-10H2,1H3. The molecule has 4 nitrogen and oxygen atoms in total. The van der Waals surface area contributed by atoms with Crippen molar-refractivity contribution in [2.45, 2.75) is 26.1 Å². The van der Waals surface area contributed by atoms with E-state index in [2.05, 4.69) is 58.7 Å². The van der Waals surface area contributed by atoms with Crippen LogP contribution < -0.4 is 5.32 Å². The first kappa shape index (κ1) is 14.0. The number of hydrogen-bond donors (Lipinski definition) is 1. The molecule has 1 unspecified atom stereocenters. The number of aryl methyl sites for hydroxylation is 1. The van der Waals surface area contributed by atoms with Gasteiger partial charge in [0.15, 0.2) is 0 Å². The summed E-state index contributed by atoms with van der Waals surface area (Å²) in [5, 5.41) is 7.83. The Morgan fingerprint density at radius 3 is 2.71 bits per heavy atom. The Hall–Kier alpha value is -1.98. The third-order valence-corrected chi connectivity index (χ3v) is 4.36. The molecule has 1 N–H and O–H groups in total. The molecule has 108 valence electrons. The van der Waals surface area contributed by atoms with Crippen molar-refractivity contribution in [1.29, 1.82) is 0 Å². The molecule has 2 aromatic heterocycles. The van der Waals surface area contributed by atoms with Crippen LogP contribution in [0, 0.1) is 6.92 Å². The minimum absolute atomic E-state index is 0.218. The van der Waals surface area contributed by atoms with Gasteiger partial charge in [0.1, 0.15) is 12.7 Å². The van der Waals surface area contributed by atoms with E-state index >= 15 is 0 Å². The summed E-state index contributed by atoms with van der Waals surface area (Å²) < 4.78 is 1.87. The fraction of sp³-hybridized carbons (Fsp3) is 0.250. The van der Waals surface area contributed by atoms with Crippen molar-refractivity contribution < 1.29 is 0 Å². The molecule has 3 aromatic rings. The second-order valence-electron chi connectivity index (χ2n) is 4.97. The second kappa shape index (κ2) is 6.65. The molecule has 0 radical (unpaired) electrons. The van der Waals surface area contributed by atoms with Crippen molar-refractivity contribution in [3.8, 4) is 0 Å². The fourth-order valence-electron chi connectivity index (χ4n) is 2.29. The monoisotopic (exact) mass is 298 g/mol. The normalized spacial score (nSPS) is 12.4. The molecule has 0 aliphatic carbocycles. The second-order valence-corrected chi connectivity index (χ2v) is 6.35. The van der Waals surface area contributed by atoms with Gasteiger partial charge >= 0.3 is 0 Å². The number of nitrogens with zero attached hydrogens (tertiary/aromatic N) is 3. The van der Waals surface area contributed by atoms with Gasteiger partial charge in [0.25, 0.3) is 0 Å². The highest BCUT2D eigenvalue weighted by Gasteiger charge is 2.12. The Balaban J connectivity index is 1.72. The van der Waals surface area contributed by atoms with Crippen molar-refractivity contribution in [3.63, 3.8) is 0 Å². The predicted molar refractivity (Wildman–Crippen MR) is 85.1 cm³/mol. The van der Waals surface area contributed by atoms with Crippen LogP contribution in [0.2, 0.25) is 0 Å². The highest BCUT2D eigenvalue weighted by molar-refractivity contribution is 7.11. The quantitative estimate of drug-likeness (QED) is 0.760. The molecule has 2 heterocycles. The molecule has 0 spiro atoms. The molecule has 3 rings (SSSR count). The van der Waals surface area contributed by atoms with Crippen molar-refractivity contribution in [2.75, 3.05) is 0 Å². The smallest absolute Gasteiger partial charge is 0.137 e. The molecule has 21 heavy (non-hydrogen) atoms. The van der Waals surface area contributed by atoms with Crippen LogP contribution >= 0.6 is 11.3 Å². The van der Waals surface area contributed by atoms with Gasteiger partial charge in [-0.1, -0.05) is 30.3 Å². The lowest BCUT2D eigenvalue weighted by Gasteiger charge is -2.18. The molecule has 0 amide bonds. The molecule has 1 aromatic carbocycles. The van der Waals surface area contributed by atoms with Crippen LogP contribution in [0.25, 0.3) is 0 Å². The first-order chi connectivity index (χ1) is 10.3. The summed E-state index contributed by atoms with van der Waals surface area (Å²) in [6.45, 7) is 3.78. The van der Waals surface area contributed by atoms with Gasteiger partial charge < -0.3 is 5.32 Å². The van der Waals surface area contributed by atoms with Crippen LogP contribution in [0.5, 0.6) is 0 Å². The Bertz CT molecular complexity index is 661. The van der Waals surface area contributed by atoms with Crippen LogP contribution in [0.3, 0.4) is 0 Å². The maximum atomic E-state index is 4.21. The summed E-state index contributed by atoms with van der Waals surface area (Å²) >= 11 is 1.84. The van der Waals surface area contributed by atoms with Crippen molar-refractivity contribution in [1.82, 2.24) is 20.1 Å². The van der Waals surface area contributed by atoms with Crippen LogP contribution in [0.1, 0.15) is 21.4 Å². The lowest BCUT2D eigenvalue weighted by molar-refractivity contribution is 0.438. The zero-order chi connectivity index (χ0) is 14.5. The van der Waals surface area contributed by atoms with Gasteiger partial charge in [-0.3, -0.25) is 4.68 Å². The molecular weight excluding hydrogens is 280 g/mol. The Morgan fingerprint density at radius 1 is 1.19 bits per heavy atom. The summed E-state index contributed by atoms with van der Waals surface area (Å²) in [6.07, 6.45) is 3.33. The van der Waals surface area contributed by atoms with E-state index < -0.39 is 0 Å². The fourth-order valence-corrected chi connectivity index (χ4v) is 3.13. The Kier molecular flexibility index (Phi) is 4.43. The average Bonchev–Trinajstić information content (AvgIpc) is 3.16. The minimum Gasteiger partial charge on any atom is -0.303 e. The number of hydrogen-bond acceptors (Lipinski definition) is 4. The first-order valence-corrected chi connectivity index (χ1v) is 7.79.